The van der Waals surface area contributed by atoms with E-state index in [1.807, 2.05) is 6.92 Å². The predicted molar refractivity (Wildman–Crippen MR) is 77.0 cm³/mol. The fraction of sp³-hybridized carbons (Fsp3) is 0.471. The Kier molecular flexibility index (Phi) is 3.79. The second kappa shape index (κ2) is 5.20. The number of benzene rings is 1. The second-order valence-electron chi connectivity index (χ2n) is 6.13. The largest absolute Gasteiger partial charge is 0.435 e. The summed E-state index contributed by atoms with van der Waals surface area (Å²) in [4.78, 5) is 10.8. The molecule has 19 heavy (non-hydrogen) atoms. The lowest BCUT2D eigenvalue weighted by Crippen LogP contribution is -2.12. The van der Waals surface area contributed by atoms with Crippen molar-refractivity contribution in [2.75, 3.05) is 0 Å². The number of esters is 1. The molecule has 0 radical (unpaired) electrons. The number of rotatable bonds is 3. The molecule has 0 spiro atoms. The molecule has 2 rings (SSSR count). The van der Waals surface area contributed by atoms with E-state index in [-0.39, 0.29) is 5.97 Å². The first kappa shape index (κ1) is 13.9. The van der Waals surface area contributed by atoms with Crippen molar-refractivity contribution in [1.82, 2.24) is 0 Å². The first-order valence-corrected chi connectivity index (χ1v) is 6.83. The van der Waals surface area contributed by atoms with Crippen LogP contribution in [0.4, 0.5) is 0 Å². The maximum absolute atomic E-state index is 10.8. The lowest BCUT2D eigenvalue weighted by molar-refractivity contribution is -0.135. The van der Waals surface area contributed by atoms with Gasteiger partial charge in [-0.3, -0.25) is 4.79 Å². The van der Waals surface area contributed by atoms with E-state index in [1.165, 1.54) is 36.5 Å². The first-order valence-electron chi connectivity index (χ1n) is 6.83. The third-order valence-corrected chi connectivity index (χ3v) is 3.83. The second-order valence-corrected chi connectivity index (χ2v) is 6.13. The van der Waals surface area contributed by atoms with Gasteiger partial charge >= 0.3 is 5.97 Å². The summed E-state index contributed by atoms with van der Waals surface area (Å²) in [6, 6.07) is 6.75. The highest BCUT2D eigenvalue weighted by atomic mass is 16.5. The molecule has 0 saturated carbocycles. The summed E-state index contributed by atoms with van der Waals surface area (Å²) in [5.74, 6) is -0.269. The van der Waals surface area contributed by atoms with Gasteiger partial charge in [0.1, 0.15) is 0 Å². The number of ether oxygens (including phenoxy) is 1. The van der Waals surface area contributed by atoms with Crippen molar-refractivity contribution in [3.05, 3.63) is 46.7 Å². The molecule has 0 fully saturated rings. The third-order valence-electron chi connectivity index (χ3n) is 3.83. The van der Waals surface area contributed by atoms with Crippen molar-refractivity contribution in [2.24, 2.45) is 0 Å². The average molecular weight is 258 g/mol. The molecule has 2 heteroatoms. The number of hydrogen-bond acceptors (Lipinski definition) is 2. The van der Waals surface area contributed by atoms with Crippen molar-refractivity contribution < 1.29 is 9.53 Å². The first-order chi connectivity index (χ1) is 8.88. The minimum Gasteiger partial charge on any atom is -0.435 e. The molecule has 0 saturated heterocycles. The molecule has 2 nitrogen and oxygen atoms in total. The van der Waals surface area contributed by atoms with Crippen LogP contribution < -0.4 is 0 Å². The summed E-state index contributed by atoms with van der Waals surface area (Å²) < 4.78 is 4.91. The number of aryl methyl sites for hydroxylation is 1. The molecule has 0 heterocycles. The number of carbonyl (C=O) groups is 1. The lowest BCUT2D eigenvalue weighted by Gasteiger charge is -2.19. The van der Waals surface area contributed by atoms with Gasteiger partial charge in [-0.15, -0.1) is 0 Å². The molecule has 0 aromatic heterocycles. The van der Waals surface area contributed by atoms with Gasteiger partial charge in [0.15, 0.2) is 0 Å². The molecule has 1 aromatic carbocycles. The van der Waals surface area contributed by atoms with Gasteiger partial charge in [-0.25, -0.2) is 0 Å². The summed E-state index contributed by atoms with van der Waals surface area (Å²) in [5, 5.41) is 0. The SMILES string of the molecule is CC(=O)O/C=C(\C)Cc1ccc2c(c1)C(C)(C)CC2. The van der Waals surface area contributed by atoms with Gasteiger partial charge in [-0.1, -0.05) is 32.0 Å². The van der Waals surface area contributed by atoms with E-state index >= 15 is 0 Å². The van der Waals surface area contributed by atoms with Crippen LogP contribution in [0.5, 0.6) is 0 Å². The minimum absolute atomic E-state index is 0.269. The molecule has 0 N–H and O–H groups in total. The van der Waals surface area contributed by atoms with E-state index < -0.39 is 0 Å². The van der Waals surface area contributed by atoms with E-state index in [4.69, 9.17) is 4.74 Å². The summed E-state index contributed by atoms with van der Waals surface area (Å²) in [6.07, 6.45) is 4.80. The Bertz CT molecular complexity index is 524. The molecule has 1 aliphatic carbocycles. The van der Waals surface area contributed by atoms with E-state index in [9.17, 15) is 4.79 Å². The van der Waals surface area contributed by atoms with Gasteiger partial charge < -0.3 is 4.74 Å². The number of carbonyl (C=O) groups excluding carboxylic acids is 1. The van der Waals surface area contributed by atoms with Crippen molar-refractivity contribution in [3.8, 4) is 0 Å². The van der Waals surface area contributed by atoms with Crippen molar-refractivity contribution in [2.45, 2.75) is 52.4 Å². The van der Waals surface area contributed by atoms with Gasteiger partial charge in [0.25, 0.3) is 0 Å². The van der Waals surface area contributed by atoms with Gasteiger partial charge in [0.05, 0.1) is 6.26 Å². The van der Waals surface area contributed by atoms with Crippen LogP contribution in [0.2, 0.25) is 0 Å². The van der Waals surface area contributed by atoms with Crippen molar-refractivity contribution >= 4 is 5.97 Å². The Balaban J connectivity index is 2.15. The summed E-state index contributed by atoms with van der Waals surface area (Å²) in [5.41, 5.74) is 5.60. The Morgan fingerprint density at radius 2 is 2.11 bits per heavy atom. The topological polar surface area (TPSA) is 26.3 Å². The van der Waals surface area contributed by atoms with Crippen LogP contribution in [0.25, 0.3) is 0 Å². The van der Waals surface area contributed by atoms with E-state index in [0.717, 1.165) is 12.0 Å². The Hall–Kier alpha value is -1.57. The normalized spacial score (nSPS) is 17.2. The maximum Gasteiger partial charge on any atom is 0.307 e. The molecular weight excluding hydrogens is 236 g/mol. The van der Waals surface area contributed by atoms with E-state index in [0.29, 0.717) is 5.41 Å². The number of fused-ring (bicyclic) bond motifs is 1. The average Bonchev–Trinajstić information content (AvgIpc) is 2.63. The molecule has 0 aliphatic heterocycles. The van der Waals surface area contributed by atoms with Crippen molar-refractivity contribution in [3.63, 3.8) is 0 Å². The van der Waals surface area contributed by atoms with Crippen LogP contribution in [0.3, 0.4) is 0 Å². The lowest BCUT2D eigenvalue weighted by atomic mass is 9.85. The van der Waals surface area contributed by atoms with Crippen LogP contribution in [0, 0.1) is 0 Å². The Morgan fingerprint density at radius 1 is 1.37 bits per heavy atom. The molecule has 102 valence electrons. The Labute approximate surface area is 115 Å². The van der Waals surface area contributed by atoms with Gasteiger partial charge in [-0.05, 0) is 53.9 Å². The molecule has 1 aromatic rings. The van der Waals surface area contributed by atoms with Gasteiger partial charge in [0, 0.05) is 6.92 Å². The zero-order chi connectivity index (χ0) is 14.0. The van der Waals surface area contributed by atoms with Crippen molar-refractivity contribution in [1.29, 1.82) is 0 Å². The van der Waals surface area contributed by atoms with Gasteiger partial charge in [-0.2, -0.15) is 0 Å². The highest BCUT2D eigenvalue weighted by Gasteiger charge is 2.29. The number of allylic oxidation sites excluding steroid dienone is 1. The van der Waals surface area contributed by atoms with E-state index in [1.54, 1.807) is 6.26 Å². The van der Waals surface area contributed by atoms with Gasteiger partial charge in [0.2, 0.25) is 0 Å². The molecule has 0 unspecified atom stereocenters. The smallest absolute Gasteiger partial charge is 0.307 e. The van der Waals surface area contributed by atoms with Crippen LogP contribution in [-0.4, -0.2) is 5.97 Å². The van der Waals surface area contributed by atoms with E-state index in [2.05, 4.69) is 32.0 Å². The van der Waals surface area contributed by atoms with Crippen LogP contribution in [0.1, 0.15) is 50.8 Å². The fourth-order valence-corrected chi connectivity index (χ4v) is 2.71. The number of hydrogen-bond donors (Lipinski definition) is 0. The zero-order valence-electron chi connectivity index (χ0n) is 12.2. The third kappa shape index (κ3) is 3.25. The molecule has 0 amide bonds. The summed E-state index contributed by atoms with van der Waals surface area (Å²) in [6.45, 7) is 8.03. The standard InChI is InChI=1S/C17H22O2/c1-12(11-19-13(2)18)9-14-5-6-15-7-8-17(3,4)16(15)10-14/h5-6,10-11H,7-9H2,1-4H3/b12-11+. The molecule has 0 atom stereocenters. The molecule has 0 bridgehead atoms. The summed E-state index contributed by atoms with van der Waals surface area (Å²) >= 11 is 0. The van der Waals surface area contributed by atoms with Crippen LogP contribution >= 0.6 is 0 Å². The maximum atomic E-state index is 10.8. The van der Waals surface area contributed by atoms with Crippen LogP contribution in [-0.2, 0) is 27.8 Å². The highest BCUT2D eigenvalue weighted by Crippen LogP contribution is 2.38. The summed E-state index contributed by atoms with van der Waals surface area (Å²) in [7, 11) is 0. The minimum atomic E-state index is -0.269. The predicted octanol–water partition coefficient (Wildman–Crippen LogP) is 3.92. The van der Waals surface area contributed by atoms with Crippen LogP contribution in [0.15, 0.2) is 30.0 Å². The molecule has 1 aliphatic rings. The Morgan fingerprint density at radius 3 is 2.79 bits per heavy atom. The zero-order valence-corrected chi connectivity index (χ0v) is 12.2. The quantitative estimate of drug-likeness (QED) is 0.606. The fourth-order valence-electron chi connectivity index (χ4n) is 2.71. The molecular formula is C17H22O2. The monoisotopic (exact) mass is 258 g/mol. The highest BCUT2D eigenvalue weighted by molar-refractivity contribution is 5.66.